The topological polar surface area (TPSA) is 59.9 Å². The molecule has 1 aromatic heterocycles. The lowest BCUT2D eigenvalue weighted by Crippen LogP contribution is -2.00. The van der Waals surface area contributed by atoms with E-state index in [0.717, 1.165) is 17.0 Å². The van der Waals surface area contributed by atoms with Gasteiger partial charge < -0.3 is 10.1 Å². The van der Waals surface area contributed by atoms with E-state index in [1.807, 2.05) is 25.1 Å². The molecule has 0 bridgehead atoms. The van der Waals surface area contributed by atoms with Gasteiger partial charge in [-0.1, -0.05) is 0 Å². The highest BCUT2D eigenvalue weighted by Gasteiger charge is 2.06. The van der Waals surface area contributed by atoms with Crippen molar-refractivity contribution in [3.63, 3.8) is 0 Å². The Bertz CT molecular complexity index is 557. The first kappa shape index (κ1) is 12.9. The van der Waals surface area contributed by atoms with Gasteiger partial charge >= 0.3 is 0 Å². The summed E-state index contributed by atoms with van der Waals surface area (Å²) in [7, 11) is 1.62. The lowest BCUT2D eigenvalue weighted by molar-refractivity contribution is 0.414. The first-order valence-electron chi connectivity index (χ1n) is 5.07. The minimum absolute atomic E-state index is 0.0451. The molecule has 0 aliphatic heterocycles. The van der Waals surface area contributed by atoms with Gasteiger partial charge in [-0.15, -0.1) is 0 Å². The molecule has 0 atom stereocenters. The van der Waals surface area contributed by atoms with Gasteiger partial charge in [0.25, 0.3) is 0 Å². The predicted molar refractivity (Wildman–Crippen MR) is 70.9 cm³/mol. The second kappa shape index (κ2) is 5.37. The second-order valence-electron chi connectivity index (χ2n) is 3.50. The fraction of sp³-hybridized carbons (Fsp3) is 0.182. The molecule has 5 nitrogen and oxygen atoms in total. The van der Waals surface area contributed by atoms with Crippen molar-refractivity contribution in [2.45, 2.75) is 6.92 Å². The summed E-state index contributed by atoms with van der Waals surface area (Å²) in [5.74, 6) is 1.08. The van der Waals surface area contributed by atoms with Crippen LogP contribution in [0.15, 0.2) is 18.2 Å². The lowest BCUT2D eigenvalue weighted by atomic mass is 10.2. The van der Waals surface area contributed by atoms with E-state index in [-0.39, 0.29) is 10.6 Å². The monoisotopic (exact) mass is 284 g/mol. The Balaban J connectivity index is 2.28. The SMILES string of the molecule is COc1ccc(Nc2nc(Cl)nc(Cl)n2)c(C)c1. The largest absolute Gasteiger partial charge is 0.497 e. The van der Waals surface area contributed by atoms with Crippen molar-refractivity contribution in [1.29, 1.82) is 0 Å². The molecule has 0 spiro atoms. The van der Waals surface area contributed by atoms with Crippen molar-refractivity contribution >= 4 is 34.8 Å². The molecule has 2 aromatic rings. The molecule has 0 aliphatic rings. The van der Waals surface area contributed by atoms with Crippen molar-refractivity contribution in [2.75, 3.05) is 12.4 Å². The maximum absolute atomic E-state index is 5.70. The summed E-state index contributed by atoms with van der Waals surface area (Å²) in [4.78, 5) is 11.5. The smallest absolute Gasteiger partial charge is 0.232 e. The molecule has 0 saturated heterocycles. The molecule has 0 radical (unpaired) electrons. The van der Waals surface area contributed by atoms with Crippen LogP contribution in [0.5, 0.6) is 5.75 Å². The van der Waals surface area contributed by atoms with Crippen LogP contribution in [0.1, 0.15) is 5.56 Å². The van der Waals surface area contributed by atoms with Crippen molar-refractivity contribution in [2.24, 2.45) is 0 Å². The Morgan fingerprint density at radius 3 is 2.33 bits per heavy atom. The van der Waals surface area contributed by atoms with Gasteiger partial charge in [0.1, 0.15) is 5.75 Å². The van der Waals surface area contributed by atoms with Gasteiger partial charge in [0.2, 0.25) is 16.5 Å². The highest BCUT2D eigenvalue weighted by Crippen LogP contribution is 2.23. The third-order valence-electron chi connectivity index (χ3n) is 2.26. The highest BCUT2D eigenvalue weighted by molar-refractivity contribution is 6.31. The van der Waals surface area contributed by atoms with Crippen LogP contribution in [0.4, 0.5) is 11.6 Å². The van der Waals surface area contributed by atoms with Crippen molar-refractivity contribution in [3.05, 3.63) is 34.3 Å². The Morgan fingerprint density at radius 1 is 1.11 bits per heavy atom. The minimum atomic E-state index is 0.0451. The van der Waals surface area contributed by atoms with Crippen molar-refractivity contribution in [3.8, 4) is 5.75 Å². The number of nitrogens with zero attached hydrogens (tertiary/aromatic N) is 3. The molecule has 0 saturated carbocycles. The third kappa shape index (κ3) is 3.00. The van der Waals surface area contributed by atoms with E-state index in [9.17, 15) is 0 Å². The summed E-state index contributed by atoms with van der Waals surface area (Å²) in [5.41, 5.74) is 1.83. The van der Waals surface area contributed by atoms with Crippen LogP contribution in [0.3, 0.4) is 0 Å². The first-order valence-corrected chi connectivity index (χ1v) is 5.83. The first-order chi connectivity index (χ1) is 8.58. The van der Waals surface area contributed by atoms with Gasteiger partial charge in [0, 0.05) is 5.69 Å². The molecule has 7 heteroatoms. The maximum atomic E-state index is 5.70. The van der Waals surface area contributed by atoms with E-state index in [0.29, 0.717) is 5.95 Å². The van der Waals surface area contributed by atoms with Crippen LogP contribution in [0, 0.1) is 6.92 Å². The summed E-state index contributed by atoms with van der Waals surface area (Å²) in [6.07, 6.45) is 0. The zero-order chi connectivity index (χ0) is 13.1. The predicted octanol–water partition coefficient (Wildman–Crippen LogP) is 3.24. The summed E-state index contributed by atoms with van der Waals surface area (Å²) in [6, 6.07) is 5.59. The summed E-state index contributed by atoms with van der Waals surface area (Å²) in [5, 5.41) is 3.11. The van der Waals surface area contributed by atoms with E-state index >= 15 is 0 Å². The molecule has 1 N–H and O–H groups in total. The number of aryl methyl sites for hydroxylation is 1. The van der Waals surface area contributed by atoms with Gasteiger partial charge in [-0.3, -0.25) is 0 Å². The number of rotatable bonds is 3. The molecule has 94 valence electrons. The van der Waals surface area contributed by atoms with E-state index in [2.05, 4.69) is 20.3 Å². The number of hydrogen-bond acceptors (Lipinski definition) is 5. The number of benzene rings is 1. The number of aromatic nitrogens is 3. The van der Waals surface area contributed by atoms with E-state index in [4.69, 9.17) is 27.9 Å². The Hall–Kier alpha value is -1.59. The molecule has 0 fully saturated rings. The fourth-order valence-electron chi connectivity index (χ4n) is 1.41. The third-order valence-corrected chi connectivity index (χ3v) is 2.60. The van der Waals surface area contributed by atoms with Crippen molar-refractivity contribution < 1.29 is 4.74 Å². The van der Waals surface area contributed by atoms with Gasteiger partial charge in [-0.25, -0.2) is 0 Å². The van der Waals surface area contributed by atoms with Crippen LogP contribution in [0.2, 0.25) is 10.6 Å². The molecule has 18 heavy (non-hydrogen) atoms. The number of nitrogens with one attached hydrogen (secondary N) is 1. The average molecular weight is 285 g/mol. The number of ether oxygens (including phenoxy) is 1. The summed E-state index contributed by atoms with van der Waals surface area (Å²) in [6.45, 7) is 1.94. The van der Waals surface area contributed by atoms with Crippen LogP contribution in [0.25, 0.3) is 0 Å². The molecule has 0 amide bonds. The van der Waals surface area contributed by atoms with Crippen LogP contribution in [-0.2, 0) is 0 Å². The van der Waals surface area contributed by atoms with E-state index < -0.39 is 0 Å². The molecule has 0 unspecified atom stereocenters. The quantitative estimate of drug-likeness (QED) is 0.938. The molecule has 2 rings (SSSR count). The molecular formula is C11H10Cl2N4O. The van der Waals surface area contributed by atoms with Crippen LogP contribution in [-0.4, -0.2) is 22.1 Å². The Labute approximate surface area is 114 Å². The second-order valence-corrected chi connectivity index (χ2v) is 4.18. The Kier molecular flexibility index (Phi) is 3.84. The Morgan fingerprint density at radius 2 is 1.78 bits per heavy atom. The van der Waals surface area contributed by atoms with E-state index in [1.165, 1.54) is 0 Å². The number of methoxy groups -OCH3 is 1. The maximum Gasteiger partial charge on any atom is 0.232 e. The summed E-state index contributed by atoms with van der Waals surface area (Å²) < 4.78 is 5.13. The van der Waals surface area contributed by atoms with Crippen molar-refractivity contribution in [1.82, 2.24) is 15.0 Å². The standard InChI is InChI=1S/C11H10Cl2N4O/c1-6-5-7(18-2)3-4-8(6)14-11-16-9(12)15-10(13)17-11/h3-5H,1-2H3,(H,14,15,16,17). The summed E-state index contributed by atoms with van der Waals surface area (Å²) >= 11 is 11.4. The zero-order valence-electron chi connectivity index (χ0n) is 9.74. The number of anilines is 2. The molecular weight excluding hydrogens is 275 g/mol. The minimum Gasteiger partial charge on any atom is -0.497 e. The van der Waals surface area contributed by atoms with Gasteiger partial charge in [0.05, 0.1) is 7.11 Å². The zero-order valence-corrected chi connectivity index (χ0v) is 11.2. The van der Waals surface area contributed by atoms with Gasteiger partial charge in [-0.2, -0.15) is 15.0 Å². The lowest BCUT2D eigenvalue weighted by Gasteiger charge is -2.09. The van der Waals surface area contributed by atoms with Crippen LogP contribution >= 0.6 is 23.2 Å². The fourth-order valence-corrected chi connectivity index (χ4v) is 1.77. The average Bonchev–Trinajstić information content (AvgIpc) is 2.30. The number of hydrogen-bond donors (Lipinski definition) is 1. The van der Waals surface area contributed by atoms with E-state index in [1.54, 1.807) is 7.11 Å². The highest BCUT2D eigenvalue weighted by atomic mass is 35.5. The van der Waals surface area contributed by atoms with Crippen LogP contribution < -0.4 is 10.1 Å². The molecule has 0 aliphatic carbocycles. The molecule has 1 aromatic carbocycles. The molecule has 1 heterocycles. The normalized spacial score (nSPS) is 10.2. The van der Waals surface area contributed by atoms with Gasteiger partial charge in [-0.05, 0) is 53.9 Å². The van der Waals surface area contributed by atoms with Gasteiger partial charge in [0.15, 0.2) is 0 Å². The number of halogens is 2.